The zero-order valence-electron chi connectivity index (χ0n) is 9.93. The van der Waals surface area contributed by atoms with Crippen molar-refractivity contribution < 1.29 is 8.42 Å². The molecule has 0 aliphatic rings. The largest absolute Gasteiger partial charge is 0.283 e. The van der Waals surface area contributed by atoms with Gasteiger partial charge in [0, 0.05) is 5.69 Å². The first kappa shape index (κ1) is 13.0. The molecule has 0 spiro atoms. The van der Waals surface area contributed by atoms with Crippen molar-refractivity contribution in [3.63, 3.8) is 0 Å². The monoisotopic (exact) mass is 309 g/mol. The molecule has 0 saturated heterocycles. The fourth-order valence-electron chi connectivity index (χ4n) is 1.79. The SMILES string of the molecule is NS(=O)(=O)c1ccc(-n2cnc3c(Cl)ncnc32)cc1. The fraction of sp³-hybridized carbons (Fsp3) is 0. The smallest absolute Gasteiger partial charge is 0.238 e. The van der Waals surface area contributed by atoms with Crippen LogP contribution in [0.5, 0.6) is 0 Å². The van der Waals surface area contributed by atoms with Gasteiger partial charge in [0.25, 0.3) is 0 Å². The number of fused-ring (bicyclic) bond motifs is 1. The summed E-state index contributed by atoms with van der Waals surface area (Å²) in [4.78, 5) is 12.1. The molecule has 0 aliphatic heterocycles. The maximum Gasteiger partial charge on any atom is 0.238 e. The van der Waals surface area contributed by atoms with Gasteiger partial charge < -0.3 is 0 Å². The molecule has 20 heavy (non-hydrogen) atoms. The highest BCUT2D eigenvalue weighted by atomic mass is 35.5. The van der Waals surface area contributed by atoms with Crippen LogP contribution in [0.3, 0.4) is 0 Å². The molecule has 7 nitrogen and oxygen atoms in total. The van der Waals surface area contributed by atoms with Crippen molar-refractivity contribution in [2.24, 2.45) is 5.14 Å². The Kier molecular flexibility index (Phi) is 2.93. The molecule has 0 amide bonds. The normalized spacial score (nSPS) is 11.9. The number of benzene rings is 1. The summed E-state index contributed by atoms with van der Waals surface area (Å²) in [6.45, 7) is 0. The number of aromatic nitrogens is 4. The molecule has 1 aromatic carbocycles. The molecule has 0 fully saturated rings. The Balaban J connectivity index is 2.14. The molecule has 102 valence electrons. The highest BCUT2D eigenvalue weighted by Crippen LogP contribution is 2.21. The second-order valence-electron chi connectivity index (χ2n) is 3.99. The number of rotatable bonds is 2. The number of primary sulfonamides is 1. The van der Waals surface area contributed by atoms with Crippen molar-refractivity contribution >= 4 is 32.8 Å². The number of halogens is 1. The molecule has 3 rings (SSSR count). The van der Waals surface area contributed by atoms with Crippen LogP contribution in [0.25, 0.3) is 16.9 Å². The van der Waals surface area contributed by atoms with Gasteiger partial charge in [0.05, 0.1) is 4.90 Å². The van der Waals surface area contributed by atoms with Crippen molar-refractivity contribution in [3.8, 4) is 5.69 Å². The molecular formula is C11H8ClN5O2S. The Morgan fingerprint density at radius 2 is 1.80 bits per heavy atom. The maximum atomic E-state index is 11.2. The summed E-state index contributed by atoms with van der Waals surface area (Å²) in [5, 5.41) is 5.31. The first-order chi connectivity index (χ1) is 9.47. The zero-order chi connectivity index (χ0) is 14.3. The first-order valence-corrected chi connectivity index (χ1v) is 7.36. The minimum absolute atomic E-state index is 0.0401. The van der Waals surface area contributed by atoms with E-state index in [1.807, 2.05) is 0 Å². The lowest BCUT2D eigenvalue weighted by Gasteiger charge is -2.04. The quantitative estimate of drug-likeness (QED) is 0.714. The summed E-state index contributed by atoms with van der Waals surface area (Å²) in [7, 11) is -3.71. The number of hydrogen-bond donors (Lipinski definition) is 1. The first-order valence-electron chi connectivity index (χ1n) is 5.43. The Bertz CT molecular complexity index is 889. The lowest BCUT2D eigenvalue weighted by atomic mass is 10.3. The van der Waals surface area contributed by atoms with Crippen LogP contribution in [0.2, 0.25) is 5.15 Å². The van der Waals surface area contributed by atoms with E-state index in [-0.39, 0.29) is 10.0 Å². The third-order valence-corrected chi connectivity index (χ3v) is 3.94. The number of nitrogens with two attached hydrogens (primary N) is 1. The summed E-state index contributed by atoms with van der Waals surface area (Å²) in [5.74, 6) is 0. The second kappa shape index (κ2) is 4.51. The van der Waals surface area contributed by atoms with E-state index in [0.717, 1.165) is 0 Å². The molecule has 2 heterocycles. The van der Waals surface area contributed by atoms with E-state index in [1.54, 1.807) is 16.7 Å². The summed E-state index contributed by atoms with van der Waals surface area (Å²) in [6, 6.07) is 6.05. The van der Waals surface area contributed by atoms with Crippen LogP contribution in [0.15, 0.2) is 41.8 Å². The molecule has 0 aliphatic carbocycles. The van der Waals surface area contributed by atoms with E-state index in [4.69, 9.17) is 16.7 Å². The molecule has 0 saturated carbocycles. The number of imidazole rings is 1. The maximum absolute atomic E-state index is 11.2. The Morgan fingerprint density at radius 3 is 2.45 bits per heavy atom. The summed E-state index contributed by atoms with van der Waals surface area (Å²) in [5.41, 5.74) is 1.70. The van der Waals surface area contributed by atoms with E-state index in [9.17, 15) is 8.42 Å². The lowest BCUT2D eigenvalue weighted by Crippen LogP contribution is -2.12. The Labute approximate surface area is 119 Å². The predicted molar refractivity (Wildman–Crippen MR) is 73.0 cm³/mol. The van der Waals surface area contributed by atoms with Gasteiger partial charge >= 0.3 is 0 Å². The minimum Gasteiger partial charge on any atom is -0.283 e. The van der Waals surface area contributed by atoms with Gasteiger partial charge in [-0.15, -0.1) is 0 Å². The third kappa shape index (κ3) is 2.13. The van der Waals surface area contributed by atoms with E-state index in [2.05, 4.69) is 15.0 Å². The van der Waals surface area contributed by atoms with Crippen LogP contribution in [0.4, 0.5) is 0 Å². The molecule has 0 radical (unpaired) electrons. The highest BCUT2D eigenvalue weighted by molar-refractivity contribution is 7.89. The second-order valence-corrected chi connectivity index (χ2v) is 5.91. The third-order valence-electron chi connectivity index (χ3n) is 2.73. The van der Waals surface area contributed by atoms with Gasteiger partial charge in [-0.3, -0.25) is 4.57 Å². The predicted octanol–water partition coefficient (Wildman–Crippen LogP) is 1.12. The van der Waals surface area contributed by atoms with E-state index >= 15 is 0 Å². The molecular weight excluding hydrogens is 302 g/mol. The number of hydrogen-bond acceptors (Lipinski definition) is 5. The fourth-order valence-corrected chi connectivity index (χ4v) is 2.48. The Hall–Kier alpha value is -2.03. The number of sulfonamides is 1. The molecule has 0 atom stereocenters. The minimum atomic E-state index is -3.71. The van der Waals surface area contributed by atoms with Crippen molar-refractivity contribution in [2.75, 3.05) is 0 Å². The van der Waals surface area contributed by atoms with Crippen LogP contribution < -0.4 is 5.14 Å². The molecule has 2 N–H and O–H groups in total. The van der Waals surface area contributed by atoms with Crippen molar-refractivity contribution in [3.05, 3.63) is 42.1 Å². The van der Waals surface area contributed by atoms with Crippen molar-refractivity contribution in [1.29, 1.82) is 0 Å². The average molecular weight is 310 g/mol. The molecule has 3 aromatic rings. The van der Waals surface area contributed by atoms with Gasteiger partial charge in [0.15, 0.2) is 10.8 Å². The van der Waals surface area contributed by atoms with Gasteiger partial charge in [-0.1, -0.05) is 11.6 Å². The van der Waals surface area contributed by atoms with Gasteiger partial charge in [0.2, 0.25) is 10.0 Å². The van der Waals surface area contributed by atoms with Crippen LogP contribution in [0.1, 0.15) is 0 Å². The molecule has 0 unspecified atom stereocenters. The number of nitrogens with zero attached hydrogens (tertiary/aromatic N) is 4. The van der Waals surface area contributed by atoms with Crippen LogP contribution in [-0.2, 0) is 10.0 Å². The van der Waals surface area contributed by atoms with Crippen molar-refractivity contribution in [2.45, 2.75) is 4.90 Å². The molecule has 2 aromatic heterocycles. The van der Waals surface area contributed by atoms with Crippen molar-refractivity contribution in [1.82, 2.24) is 19.5 Å². The summed E-state index contributed by atoms with van der Waals surface area (Å²) >= 11 is 5.92. The zero-order valence-corrected chi connectivity index (χ0v) is 11.5. The molecule has 9 heteroatoms. The highest BCUT2D eigenvalue weighted by Gasteiger charge is 2.11. The van der Waals surface area contributed by atoms with E-state index < -0.39 is 10.0 Å². The van der Waals surface area contributed by atoms with Crippen LogP contribution >= 0.6 is 11.6 Å². The van der Waals surface area contributed by atoms with E-state index in [0.29, 0.717) is 16.9 Å². The average Bonchev–Trinajstić information content (AvgIpc) is 2.83. The standard InChI is InChI=1S/C11H8ClN5O2S/c12-10-9-11(15-5-14-10)17(6-16-9)7-1-3-8(4-2-7)20(13,18)19/h1-6H,(H2,13,18,19). The summed E-state index contributed by atoms with van der Waals surface area (Å²) in [6.07, 6.45) is 2.87. The topological polar surface area (TPSA) is 104 Å². The molecule has 0 bridgehead atoms. The Morgan fingerprint density at radius 1 is 1.10 bits per heavy atom. The van der Waals surface area contributed by atoms with Gasteiger partial charge in [-0.25, -0.2) is 28.5 Å². The van der Waals surface area contributed by atoms with Gasteiger partial charge in [-0.2, -0.15) is 0 Å². The lowest BCUT2D eigenvalue weighted by molar-refractivity contribution is 0.598. The summed E-state index contributed by atoms with van der Waals surface area (Å²) < 4.78 is 24.1. The van der Waals surface area contributed by atoms with Gasteiger partial charge in [0.1, 0.15) is 18.2 Å². The van der Waals surface area contributed by atoms with Crippen LogP contribution in [-0.4, -0.2) is 27.9 Å². The van der Waals surface area contributed by atoms with E-state index in [1.165, 1.54) is 24.8 Å². The van der Waals surface area contributed by atoms with Crippen LogP contribution in [0, 0.1) is 0 Å². The van der Waals surface area contributed by atoms with Gasteiger partial charge in [-0.05, 0) is 24.3 Å².